The number of aromatic nitrogens is 1. The smallest absolute Gasteiger partial charge is 0.185 e. The van der Waals surface area contributed by atoms with E-state index in [-0.39, 0.29) is 5.78 Å². The fraction of sp³-hybridized carbons (Fsp3) is 0.0952. The summed E-state index contributed by atoms with van der Waals surface area (Å²) in [6.45, 7) is 0.682. The van der Waals surface area contributed by atoms with E-state index in [4.69, 9.17) is 0 Å². The molecule has 0 saturated heterocycles. The quantitative estimate of drug-likeness (QED) is 0.615. The van der Waals surface area contributed by atoms with Crippen molar-refractivity contribution in [1.82, 2.24) is 9.88 Å². The molecule has 0 aliphatic carbocycles. The number of nitrogens with zero attached hydrogens (tertiary/aromatic N) is 3. The predicted octanol–water partition coefficient (Wildman–Crippen LogP) is 4.02. The number of hydrogen-bond donors (Lipinski definition) is 0. The van der Waals surface area contributed by atoms with E-state index in [1.54, 1.807) is 36.7 Å². The Labute approximate surface area is 147 Å². The Morgan fingerprint density at radius 3 is 2.64 bits per heavy atom. The molecule has 2 aromatic rings. The Morgan fingerprint density at radius 2 is 1.92 bits per heavy atom. The molecule has 0 radical (unpaired) electrons. The van der Waals surface area contributed by atoms with Gasteiger partial charge >= 0.3 is 0 Å². The third-order valence-electron chi connectivity index (χ3n) is 3.81. The van der Waals surface area contributed by atoms with Crippen LogP contribution in [0, 0.1) is 11.3 Å². The van der Waals surface area contributed by atoms with Gasteiger partial charge in [-0.05, 0) is 29.3 Å². The van der Waals surface area contributed by atoms with Gasteiger partial charge in [-0.25, -0.2) is 0 Å². The van der Waals surface area contributed by atoms with Crippen LogP contribution in [0.4, 0.5) is 0 Å². The number of hydrogen-bond acceptors (Lipinski definition) is 4. The summed E-state index contributed by atoms with van der Waals surface area (Å²) in [6, 6.07) is 15.6. The summed E-state index contributed by atoms with van der Waals surface area (Å²) < 4.78 is 0. The first kappa shape index (κ1) is 16.4. The maximum atomic E-state index is 12.2. The average molecular weight is 327 g/mol. The molecular formula is C21H17N3O. The first-order valence-corrected chi connectivity index (χ1v) is 7.98. The molecule has 0 spiro atoms. The highest BCUT2D eigenvalue weighted by Gasteiger charge is 2.11. The number of carbonyl (C=O) groups excluding carboxylic acids is 1. The van der Waals surface area contributed by atoms with Gasteiger partial charge in [0, 0.05) is 43.3 Å². The molecule has 0 saturated carbocycles. The van der Waals surface area contributed by atoms with Gasteiger partial charge in [0.1, 0.15) is 0 Å². The molecule has 1 aromatic carbocycles. The van der Waals surface area contributed by atoms with E-state index in [1.807, 2.05) is 47.6 Å². The van der Waals surface area contributed by atoms with Crippen LogP contribution < -0.4 is 0 Å². The van der Waals surface area contributed by atoms with Gasteiger partial charge in [0.05, 0.1) is 11.6 Å². The lowest BCUT2D eigenvalue weighted by atomic mass is 10.0. The second-order valence-corrected chi connectivity index (χ2v) is 5.74. The monoisotopic (exact) mass is 327 g/mol. The SMILES string of the molecule is N#CC1=CN(Cc2ccccc2)C=C(C=CC(=O)c2ccncc2)C1. The lowest BCUT2D eigenvalue weighted by Crippen LogP contribution is -2.14. The van der Waals surface area contributed by atoms with E-state index in [9.17, 15) is 10.1 Å². The van der Waals surface area contributed by atoms with Crippen molar-refractivity contribution in [3.8, 4) is 6.07 Å². The van der Waals surface area contributed by atoms with Gasteiger partial charge < -0.3 is 4.90 Å². The van der Waals surface area contributed by atoms with Crippen molar-refractivity contribution in [3.63, 3.8) is 0 Å². The number of carbonyl (C=O) groups is 1. The highest BCUT2D eigenvalue weighted by molar-refractivity contribution is 6.04. The van der Waals surface area contributed by atoms with Crippen molar-refractivity contribution >= 4 is 5.78 Å². The Balaban J connectivity index is 1.75. The highest BCUT2D eigenvalue weighted by atomic mass is 16.1. The summed E-state index contributed by atoms with van der Waals surface area (Å²) in [5, 5.41) is 9.28. The van der Waals surface area contributed by atoms with Crippen LogP contribution >= 0.6 is 0 Å². The molecule has 3 rings (SSSR count). The minimum atomic E-state index is -0.0778. The molecule has 1 aromatic heterocycles. The van der Waals surface area contributed by atoms with Gasteiger partial charge in [-0.2, -0.15) is 5.26 Å². The van der Waals surface area contributed by atoms with Crippen LogP contribution in [0.1, 0.15) is 22.3 Å². The molecule has 25 heavy (non-hydrogen) atoms. The van der Waals surface area contributed by atoms with Gasteiger partial charge in [0.15, 0.2) is 5.78 Å². The second-order valence-electron chi connectivity index (χ2n) is 5.74. The van der Waals surface area contributed by atoms with Crippen LogP contribution in [0.15, 0.2) is 90.6 Å². The maximum absolute atomic E-state index is 12.2. The van der Waals surface area contributed by atoms with Gasteiger partial charge in [-0.3, -0.25) is 9.78 Å². The van der Waals surface area contributed by atoms with Gasteiger partial charge in [-0.15, -0.1) is 0 Å². The third-order valence-corrected chi connectivity index (χ3v) is 3.81. The van der Waals surface area contributed by atoms with Crippen molar-refractivity contribution in [2.24, 2.45) is 0 Å². The van der Waals surface area contributed by atoms with Gasteiger partial charge in [0.2, 0.25) is 0 Å². The van der Waals surface area contributed by atoms with Crippen LogP contribution in [-0.4, -0.2) is 15.7 Å². The van der Waals surface area contributed by atoms with Gasteiger partial charge in [-0.1, -0.05) is 36.4 Å². The average Bonchev–Trinajstić information content (AvgIpc) is 2.67. The molecule has 0 bridgehead atoms. The summed E-state index contributed by atoms with van der Waals surface area (Å²) in [6.07, 6.45) is 10.9. The molecule has 0 amide bonds. The molecule has 0 atom stereocenters. The van der Waals surface area contributed by atoms with E-state index in [1.165, 1.54) is 0 Å². The van der Waals surface area contributed by atoms with E-state index in [0.29, 0.717) is 24.1 Å². The van der Waals surface area contributed by atoms with Crippen LogP contribution in [0.25, 0.3) is 0 Å². The van der Waals surface area contributed by atoms with E-state index in [2.05, 4.69) is 11.1 Å². The molecule has 4 heteroatoms. The first-order chi connectivity index (χ1) is 12.2. The summed E-state index contributed by atoms with van der Waals surface area (Å²) >= 11 is 0. The fourth-order valence-corrected chi connectivity index (χ4v) is 2.61. The maximum Gasteiger partial charge on any atom is 0.185 e. The topological polar surface area (TPSA) is 57.0 Å². The number of ketones is 1. The molecule has 2 heterocycles. The normalized spacial score (nSPS) is 14.0. The second kappa shape index (κ2) is 7.89. The Bertz CT molecular complexity index is 874. The molecule has 1 aliphatic rings. The molecule has 122 valence electrons. The number of benzene rings is 1. The fourth-order valence-electron chi connectivity index (χ4n) is 2.61. The molecule has 0 fully saturated rings. The minimum absolute atomic E-state index is 0.0778. The molecule has 0 N–H and O–H groups in total. The first-order valence-electron chi connectivity index (χ1n) is 7.98. The summed E-state index contributed by atoms with van der Waals surface area (Å²) in [7, 11) is 0. The van der Waals surface area contributed by atoms with Crippen molar-refractivity contribution < 1.29 is 4.79 Å². The van der Waals surface area contributed by atoms with E-state index < -0.39 is 0 Å². The zero-order valence-corrected chi connectivity index (χ0v) is 13.7. The van der Waals surface area contributed by atoms with Crippen molar-refractivity contribution in [2.75, 3.05) is 0 Å². The lowest BCUT2D eigenvalue weighted by molar-refractivity contribution is 0.104. The van der Waals surface area contributed by atoms with Crippen LogP contribution in [0.3, 0.4) is 0 Å². The van der Waals surface area contributed by atoms with Gasteiger partial charge in [0.25, 0.3) is 0 Å². The summed E-state index contributed by atoms with van der Waals surface area (Å²) in [5.41, 5.74) is 3.36. The van der Waals surface area contributed by atoms with E-state index in [0.717, 1.165) is 11.1 Å². The number of pyridine rings is 1. The molecule has 4 nitrogen and oxygen atoms in total. The number of allylic oxidation sites excluding steroid dienone is 4. The summed E-state index contributed by atoms with van der Waals surface area (Å²) in [4.78, 5) is 18.1. The Hall–Kier alpha value is -3.45. The van der Waals surface area contributed by atoms with Crippen molar-refractivity contribution in [3.05, 3.63) is 102 Å². The molecule has 1 aliphatic heterocycles. The zero-order chi connectivity index (χ0) is 17.5. The number of rotatable bonds is 5. The number of nitriles is 1. The highest BCUT2D eigenvalue weighted by Crippen LogP contribution is 2.21. The van der Waals surface area contributed by atoms with E-state index >= 15 is 0 Å². The predicted molar refractivity (Wildman–Crippen MR) is 96.1 cm³/mol. The van der Waals surface area contributed by atoms with Crippen molar-refractivity contribution in [1.29, 1.82) is 5.26 Å². The standard InChI is InChI=1S/C21H17N3O/c22-13-19-12-18(6-7-21(25)20-8-10-23-11-9-20)15-24(16-19)14-17-4-2-1-3-5-17/h1-11,15-16H,12,14H2. The minimum Gasteiger partial charge on any atom is -0.349 e. The zero-order valence-electron chi connectivity index (χ0n) is 13.7. The summed E-state index contributed by atoms with van der Waals surface area (Å²) in [5.74, 6) is -0.0778. The van der Waals surface area contributed by atoms with Crippen LogP contribution in [0.2, 0.25) is 0 Å². The largest absolute Gasteiger partial charge is 0.349 e. The van der Waals surface area contributed by atoms with Crippen molar-refractivity contribution in [2.45, 2.75) is 13.0 Å². The Morgan fingerprint density at radius 1 is 1.16 bits per heavy atom. The Kier molecular flexibility index (Phi) is 5.18. The molecular weight excluding hydrogens is 310 g/mol. The van der Waals surface area contributed by atoms with Crippen LogP contribution in [0.5, 0.6) is 0 Å². The third kappa shape index (κ3) is 4.52. The van der Waals surface area contributed by atoms with Crippen LogP contribution in [-0.2, 0) is 6.54 Å². The molecule has 0 unspecified atom stereocenters. The lowest BCUT2D eigenvalue weighted by Gasteiger charge is -2.22.